The van der Waals surface area contributed by atoms with Crippen LogP contribution in [0.2, 0.25) is 0 Å². The highest BCUT2D eigenvalue weighted by atomic mass is 16.2. The first-order valence-corrected chi connectivity index (χ1v) is 8.61. The highest BCUT2D eigenvalue weighted by molar-refractivity contribution is 5.94. The van der Waals surface area contributed by atoms with Crippen LogP contribution in [0.3, 0.4) is 0 Å². The van der Waals surface area contributed by atoms with Crippen molar-refractivity contribution in [2.75, 3.05) is 39.3 Å². The Morgan fingerprint density at radius 2 is 1.64 bits per heavy atom. The fourth-order valence-electron chi connectivity index (χ4n) is 2.74. The Morgan fingerprint density at radius 1 is 1.00 bits per heavy atom. The van der Waals surface area contributed by atoms with E-state index in [0.717, 1.165) is 5.56 Å². The summed E-state index contributed by atoms with van der Waals surface area (Å²) in [5.41, 5.74) is 1.60. The molecule has 0 radical (unpaired) electrons. The number of hydrogen-bond donors (Lipinski definition) is 2. The summed E-state index contributed by atoms with van der Waals surface area (Å²) in [5.74, 6) is -0.0496. The van der Waals surface area contributed by atoms with Gasteiger partial charge in [0.2, 0.25) is 11.8 Å². The number of amides is 3. The topological polar surface area (TPSA) is 81.8 Å². The zero-order valence-corrected chi connectivity index (χ0v) is 14.9. The van der Waals surface area contributed by atoms with Gasteiger partial charge in [0.15, 0.2) is 0 Å². The Balaban J connectivity index is 1.83. The van der Waals surface area contributed by atoms with Crippen LogP contribution in [0.1, 0.15) is 29.8 Å². The van der Waals surface area contributed by atoms with Gasteiger partial charge in [0.1, 0.15) is 0 Å². The second-order valence-electron chi connectivity index (χ2n) is 6.13. The average Bonchev–Trinajstić information content (AvgIpc) is 2.60. The lowest BCUT2D eigenvalue weighted by Gasteiger charge is -2.34. The SMILES string of the molecule is CCNC(=O)CN1CCN(C(=O)c2ccc(CNC(C)=O)cc2)CC1. The van der Waals surface area contributed by atoms with E-state index in [-0.39, 0.29) is 17.7 Å². The number of nitrogens with zero attached hydrogens (tertiary/aromatic N) is 2. The molecule has 7 heteroatoms. The molecule has 3 amide bonds. The van der Waals surface area contributed by atoms with Gasteiger partial charge in [0.25, 0.3) is 5.91 Å². The van der Waals surface area contributed by atoms with Gasteiger partial charge in [-0.1, -0.05) is 12.1 Å². The first-order valence-electron chi connectivity index (χ1n) is 8.61. The van der Waals surface area contributed by atoms with Gasteiger partial charge in [-0.2, -0.15) is 0 Å². The molecule has 1 fully saturated rings. The predicted molar refractivity (Wildman–Crippen MR) is 95.0 cm³/mol. The molecule has 2 rings (SSSR count). The third-order valence-corrected chi connectivity index (χ3v) is 4.14. The zero-order valence-electron chi connectivity index (χ0n) is 14.9. The van der Waals surface area contributed by atoms with Crippen LogP contribution in [-0.2, 0) is 16.1 Å². The van der Waals surface area contributed by atoms with Crippen LogP contribution < -0.4 is 10.6 Å². The monoisotopic (exact) mass is 346 g/mol. The second kappa shape index (κ2) is 9.17. The molecule has 1 aromatic rings. The largest absolute Gasteiger partial charge is 0.355 e. The van der Waals surface area contributed by atoms with E-state index in [1.54, 1.807) is 12.1 Å². The Kier molecular flexibility index (Phi) is 6.94. The summed E-state index contributed by atoms with van der Waals surface area (Å²) >= 11 is 0. The third-order valence-electron chi connectivity index (χ3n) is 4.14. The maximum absolute atomic E-state index is 12.6. The number of likely N-dealkylation sites (N-methyl/N-ethyl adjacent to an activating group) is 1. The van der Waals surface area contributed by atoms with Crippen LogP contribution in [-0.4, -0.2) is 66.8 Å². The molecule has 1 aliphatic rings. The molecule has 0 aromatic heterocycles. The molecule has 0 bridgehead atoms. The van der Waals surface area contributed by atoms with E-state index < -0.39 is 0 Å². The molecule has 0 saturated carbocycles. The highest BCUT2D eigenvalue weighted by Gasteiger charge is 2.23. The number of piperazine rings is 1. The van der Waals surface area contributed by atoms with Crippen LogP contribution in [0.25, 0.3) is 0 Å². The molecular weight excluding hydrogens is 320 g/mol. The number of carbonyl (C=O) groups is 3. The van der Waals surface area contributed by atoms with E-state index >= 15 is 0 Å². The lowest BCUT2D eigenvalue weighted by Crippen LogP contribution is -2.51. The fourth-order valence-corrected chi connectivity index (χ4v) is 2.74. The number of nitrogens with one attached hydrogen (secondary N) is 2. The highest BCUT2D eigenvalue weighted by Crippen LogP contribution is 2.10. The Bertz CT molecular complexity index is 607. The second-order valence-corrected chi connectivity index (χ2v) is 6.13. The van der Waals surface area contributed by atoms with Gasteiger partial charge in [-0.15, -0.1) is 0 Å². The van der Waals surface area contributed by atoms with Gasteiger partial charge in [-0.3, -0.25) is 19.3 Å². The molecule has 1 saturated heterocycles. The summed E-state index contributed by atoms with van der Waals surface area (Å²) in [5, 5.41) is 5.52. The summed E-state index contributed by atoms with van der Waals surface area (Å²) in [6.45, 7) is 7.48. The minimum absolute atomic E-state index is 0.00346. The number of benzene rings is 1. The van der Waals surface area contributed by atoms with Gasteiger partial charge in [0, 0.05) is 51.8 Å². The molecule has 7 nitrogen and oxygen atoms in total. The molecule has 25 heavy (non-hydrogen) atoms. The van der Waals surface area contributed by atoms with Gasteiger partial charge in [-0.25, -0.2) is 0 Å². The summed E-state index contributed by atoms with van der Waals surface area (Å²) in [4.78, 5) is 39.0. The van der Waals surface area contributed by atoms with Crippen molar-refractivity contribution in [3.05, 3.63) is 35.4 Å². The molecule has 0 spiro atoms. The third kappa shape index (κ3) is 5.86. The van der Waals surface area contributed by atoms with Crippen LogP contribution in [0.5, 0.6) is 0 Å². The van der Waals surface area contributed by atoms with E-state index in [1.165, 1.54) is 6.92 Å². The van der Waals surface area contributed by atoms with Crippen molar-refractivity contribution in [3.63, 3.8) is 0 Å². The molecule has 0 atom stereocenters. The number of hydrogen-bond acceptors (Lipinski definition) is 4. The fraction of sp³-hybridized carbons (Fsp3) is 0.500. The van der Waals surface area contributed by atoms with Crippen molar-refractivity contribution < 1.29 is 14.4 Å². The molecule has 2 N–H and O–H groups in total. The van der Waals surface area contributed by atoms with Crippen LogP contribution >= 0.6 is 0 Å². The first-order chi connectivity index (χ1) is 12.0. The minimum Gasteiger partial charge on any atom is -0.355 e. The van der Waals surface area contributed by atoms with E-state index in [0.29, 0.717) is 51.4 Å². The maximum Gasteiger partial charge on any atom is 0.253 e. The lowest BCUT2D eigenvalue weighted by molar-refractivity contribution is -0.122. The normalized spacial score (nSPS) is 14.9. The quantitative estimate of drug-likeness (QED) is 0.772. The van der Waals surface area contributed by atoms with Crippen molar-refractivity contribution in [2.24, 2.45) is 0 Å². The van der Waals surface area contributed by atoms with Gasteiger partial charge in [-0.05, 0) is 24.6 Å². The Hall–Kier alpha value is -2.41. The van der Waals surface area contributed by atoms with Gasteiger partial charge in [0.05, 0.1) is 6.54 Å². The maximum atomic E-state index is 12.6. The van der Waals surface area contributed by atoms with Gasteiger partial charge < -0.3 is 15.5 Å². The molecular formula is C18H26N4O3. The summed E-state index contributed by atoms with van der Waals surface area (Å²) in [6.07, 6.45) is 0. The Morgan fingerprint density at radius 3 is 2.20 bits per heavy atom. The van der Waals surface area contributed by atoms with Gasteiger partial charge >= 0.3 is 0 Å². The number of carbonyl (C=O) groups excluding carboxylic acids is 3. The standard InChI is InChI=1S/C18H26N4O3/c1-3-19-17(24)13-21-8-10-22(11-9-21)18(25)16-6-4-15(5-7-16)12-20-14(2)23/h4-7H,3,8-13H2,1-2H3,(H,19,24)(H,20,23). The van der Waals surface area contributed by atoms with E-state index in [4.69, 9.17) is 0 Å². The molecule has 1 heterocycles. The molecule has 0 aliphatic carbocycles. The van der Waals surface area contributed by atoms with Crippen LogP contribution in [0.4, 0.5) is 0 Å². The first kappa shape index (κ1) is 18.9. The molecule has 0 unspecified atom stereocenters. The van der Waals surface area contributed by atoms with Crippen molar-refractivity contribution in [1.29, 1.82) is 0 Å². The van der Waals surface area contributed by atoms with Crippen LogP contribution in [0, 0.1) is 0 Å². The molecule has 1 aliphatic heterocycles. The summed E-state index contributed by atoms with van der Waals surface area (Å²) < 4.78 is 0. The average molecular weight is 346 g/mol. The van der Waals surface area contributed by atoms with Crippen molar-refractivity contribution in [1.82, 2.24) is 20.4 Å². The molecule has 136 valence electrons. The van der Waals surface area contributed by atoms with E-state index in [9.17, 15) is 14.4 Å². The number of rotatable bonds is 6. The molecule has 1 aromatic carbocycles. The summed E-state index contributed by atoms with van der Waals surface area (Å²) in [7, 11) is 0. The zero-order chi connectivity index (χ0) is 18.2. The minimum atomic E-state index is -0.0781. The van der Waals surface area contributed by atoms with Crippen LogP contribution in [0.15, 0.2) is 24.3 Å². The van der Waals surface area contributed by atoms with E-state index in [1.807, 2.05) is 24.0 Å². The summed E-state index contributed by atoms with van der Waals surface area (Å²) in [6, 6.07) is 7.30. The van der Waals surface area contributed by atoms with Crippen molar-refractivity contribution in [2.45, 2.75) is 20.4 Å². The van der Waals surface area contributed by atoms with E-state index in [2.05, 4.69) is 15.5 Å². The predicted octanol–water partition coefficient (Wildman–Crippen LogP) is 0.217. The Labute approximate surface area is 148 Å². The lowest BCUT2D eigenvalue weighted by atomic mass is 10.1. The smallest absolute Gasteiger partial charge is 0.253 e. The van der Waals surface area contributed by atoms with Crippen molar-refractivity contribution in [3.8, 4) is 0 Å². The van der Waals surface area contributed by atoms with Crippen molar-refractivity contribution >= 4 is 17.7 Å².